The highest BCUT2D eigenvalue weighted by atomic mass is 15.1. The number of likely N-dealkylation sites (N-methyl/N-ethyl adjacent to an activating group) is 1. The minimum absolute atomic E-state index is 0.548. The van der Waals surface area contributed by atoms with E-state index in [4.69, 9.17) is 5.73 Å². The zero-order chi connectivity index (χ0) is 10.4. The molecule has 3 heteroatoms. The highest BCUT2D eigenvalue weighted by molar-refractivity contribution is 5.04. The number of nitrogens with zero attached hydrogens (tertiary/aromatic N) is 2. The number of pyridine rings is 1. The fourth-order valence-electron chi connectivity index (χ4n) is 1.27. The van der Waals surface area contributed by atoms with Crippen LogP contribution < -0.4 is 5.73 Å². The quantitative estimate of drug-likeness (QED) is 0.707. The molecule has 0 aromatic carbocycles. The standard InChI is InChI=1S/C11H17N3/c1-10(7-12)8-14(2)9-11-5-3-4-6-13-11/h3-6H,1,7-9,12H2,2H3. The van der Waals surface area contributed by atoms with Gasteiger partial charge in [-0.25, -0.2) is 0 Å². The van der Waals surface area contributed by atoms with Crippen LogP contribution in [0.5, 0.6) is 0 Å². The van der Waals surface area contributed by atoms with E-state index in [-0.39, 0.29) is 0 Å². The number of rotatable bonds is 5. The summed E-state index contributed by atoms with van der Waals surface area (Å²) >= 11 is 0. The van der Waals surface area contributed by atoms with Gasteiger partial charge in [0, 0.05) is 25.8 Å². The lowest BCUT2D eigenvalue weighted by Crippen LogP contribution is -2.23. The number of hydrogen-bond acceptors (Lipinski definition) is 3. The van der Waals surface area contributed by atoms with Gasteiger partial charge in [-0.15, -0.1) is 0 Å². The van der Waals surface area contributed by atoms with Crippen molar-refractivity contribution in [1.29, 1.82) is 0 Å². The number of nitrogens with two attached hydrogens (primary N) is 1. The molecule has 3 nitrogen and oxygen atoms in total. The second-order valence-electron chi connectivity index (χ2n) is 3.45. The monoisotopic (exact) mass is 191 g/mol. The van der Waals surface area contributed by atoms with Gasteiger partial charge in [0.15, 0.2) is 0 Å². The van der Waals surface area contributed by atoms with E-state index in [1.807, 2.05) is 25.2 Å². The molecule has 2 N–H and O–H groups in total. The molecule has 0 bridgehead atoms. The van der Waals surface area contributed by atoms with Crippen molar-refractivity contribution < 1.29 is 0 Å². The van der Waals surface area contributed by atoms with E-state index < -0.39 is 0 Å². The number of hydrogen-bond donors (Lipinski definition) is 1. The van der Waals surface area contributed by atoms with Gasteiger partial charge in [-0.3, -0.25) is 9.88 Å². The first-order chi connectivity index (χ1) is 6.72. The molecule has 0 saturated carbocycles. The van der Waals surface area contributed by atoms with E-state index in [1.54, 1.807) is 6.20 Å². The zero-order valence-electron chi connectivity index (χ0n) is 8.61. The normalized spacial score (nSPS) is 10.5. The molecule has 0 aliphatic carbocycles. The molecule has 76 valence electrons. The van der Waals surface area contributed by atoms with E-state index >= 15 is 0 Å². The maximum Gasteiger partial charge on any atom is 0.0543 e. The lowest BCUT2D eigenvalue weighted by molar-refractivity contribution is 0.349. The minimum Gasteiger partial charge on any atom is -0.327 e. The van der Waals surface area contributed by atoms with Crippen LogP contribution in [0.25, 0.3) is 0 Å². The summed E-state index contributed by atoms with van der Waals surface area (Å²) in [7, 11) is 2.04. The molecule has 0 fully saturated rings. The second-order valence-corrected chi connectivity index (χ2v) is 3.45. The Bertz CT molecular complexity index is 282. The Morgan fingerprint density at radius 3 is 2.93 bits per heavy atom. The van der Waals surface area contributed by atoms with Gasteiger partial charge in [0.2, 0.25) is 0 Å². The van der Waals surface area contributed by atoms with Crippen molar-refractivity contribution in [3.05, 3.63) is 42.2 Å². The van der Waals surface area contributed by atoms with E-state index in [0.717, 1.165) is 24.4 Å². The van der Waals surface area contributed by atoms with Gasteiger partial charge in [-0.2, -0.15) is 0 Å². The molecule has 0 aliphatic rings. The van der Waals surface area contributed by atoms with E-state index in [2.05, 4.69) is 16.5 Å². The highest BCUT2D eigenvalue weighted by Crippen LogP contribution is 2.00. The Kier molecular flexibility index (Phi) is 4.29. The molecule has 1 rings (SSSR count). The highest BCUT2D eigenvalue weighted by Gasteiger charge is 2.01. The molecular formula is C11H17N3. The van der Waals surface area contributed by atoms with Crippen molar-refractivity contribution >= 4 is 0 Å². The van der Waals surface area contributed by atoms with Crippen molar-refractivity contribution in [3.8, 4) is 0 Å². The van der Waals surface area contributed by atoms with Crippen LogP contribution in [0.15, 0.2) is 36.5 Å². The molecule has 0 amide bonds. The van der Waals surface area contributed by atoms with Crippen molar-refractivity contribution in [2.24, 2.45) is 5.73 Å². The summed E-state index contributed by atoms with van der Waals surface area (Å²) in [5.41, 5.74) is 7.59. The number of aromatic nitrogens is 1. The predicted molar refractivity (Wildman–Crippen MR) is 58.8 cm³/mol. The maximum atomic E-state index is 5.47. The Hall–Kier alpha value is -1.19. The van der Waals surface area contributed by atoms with Crippen molar-refractivity contribution in [2.45, 2.75) is 6.54 Å². The van der Waals surface area contributed by atoms with E-state index in [1.165, 1.54) is 0 Å². The first kappa shape index (κ1) is 10.9. The Labute approximate surface area is 85.3 Å². The molecular weight excluding hydrogens is 174 g/mol. The third kappa shape index (κ3) is 3.68. The van der Waals surface area contributed by atoms with E-state index in [0.29, 0.717) is 6.54 Å². The summed E-state index contributed by atoms with van der Waals surface area (Å²) in [5.74, 6) is 0. The molecule has 1 aromatic rings. The Morgan fingerprint density at radius 2 is 2.36 bits per heavy atom. The second kappa shape index (κ2) is 5.52. The third-order valence-electron chi connectivity index (χ3n) is 1.94. The van der Waals surface area contributed by atoms with Crippen LogP contribution >= 0.6 is 0 Å². The van der Waals surface area contributed by atoms with Gasteiger partial charge in [0.1, 0.15) is 0 Å². The summed E-state index contributed by atoms with van der Waals surface area (Å²) in [6, 6.07) is 5.93. The Morgan fingerprint density at radius 1 is 1.57 bits per heavy atom. The maximum absolute atomic E-state index is 5.47. The van der Waals surface area contributed by atoms with Gasteiger partial charge in [-0.1, -0.05) is 12.6 Å². The molecule has 14 heavy (non-hydrogen) atoms. The van der Waals surface area contributed by atoms with Gasteiger partial charge < -0.3 is 5.73 Å². The summed E-state index contributed by atoms with van der Waals surface area (Å²) in [5, 5.41) is 0. The van der Waals surface area contributed by atoms with Crippen LogP contribution in [0.1, 0.15) is 5.69 Å². The van der Waals surface area contributed by atoms with Crippen LogP contribution in [0.4, 0.5) is 0 Å². The lowest BCUT2D eigenvalue weighted by atomic mass is 10.2. The predicted octanol–water partition coefficient (Wildman–Crippen LogP) is 1.03. The summed E-state index contributed by atoms with van der Waals surface area (Å²) in [6.45, 7) is 6.08. The van der Waals surface area contributed by atoms with Crippen LogP contribution in [0.2, 0.25) is 0 Å². The van der Waals surface area contributed by atoms with Crippen molar-refractivity contribution in [3.63, 3.8) is 0 Å². The van der Waals surface area contributed by atoms with Crippen LogP contribution in [-0.4, -0.2) is 30.0 Å². The molecule has 0 radical (unpaired) electrons. The summed E-state index contributed by atoms with van der Waals surface area (Å²) in [6.07, 6.45) is 1.81. The van der Waals surface area contributed by atoms with Gasteiger partial charge >= 0.3 is 0 Å². The SMILES string of the molecule is C=C(CN)CN(C)Cc1ccccn1. The molecule has 1 aromatic heterocycles. The van der Waals surface area contributed by atoms with Crippen molar-refractivity contribution in [1.82, 2.24) is 9.88 Å². The molecule has 0 saturated heterocycles. The third-order valence-corrected chi connectivity index (χ3v) is 1.94. The van der Waals surface area contributed by atoms with Gasteiger partial charge in [0.05, 0.1) is 5.69 Å². The van der Waals surface area contributed by atoms with Crippen LogP contribution in [0.3, 0.4) is 0 Å². The fraction of sp³-hybridized carbons (Fsp3) is 0.364. The minimum atomic E-state index is 0.548. The average Bonchev–Trinajstić information content (AvgIpc) is 2.19. The molecule has 0 unspecified atom stereocenters. The molecule has 1 heterocycles. The lowest BCUT2D eigenvalue weighted by Gasteiger charge is -2.16. The van der Waals surface area contributed by atoms with Gasteiger partial charge in [-0.05, 0) is 24.8 Å². The molecule has 0 aliphatic heterocycles. The van der Waals surface area contributed by atoms with E-state index in [9.17, 15) is 0 Å². The summed E-state index contributed by atoms with van der Waals surface area (Å²) in [4.78, 5) is 6.40. The first-order valence-electron chi connectivity index (χ1n) is 4.67. The van der Waals surface area contributed by atoms with Crippen molar-refractivity contribution in [2.75, 3.05) is 20.1 Å². The average molecular weight is 191 g/mol. The van der Waals surface area contributed by atoms with Crippen LogP contribution in [0, 0.1) is 0 Å². The first-order valence-corrected chi connectivity index (χ1v) is 4.67. The smallest absolute Gasteiger partial charge is 0.0543 e. The fourth-order valence-corrected chi connectivity index (χ4v) is 1.27. The summed E-state index contributed by atoms with van der Waals surface area (Å²) < 4.78 is 0. The Balaban J connectivity index is 2.41. The zero-order valence-corrected chi connectivity index (χ0v) is 8.61. The largest absolute Gasteiger partial charge is 0.327 e. The topological polar surface area (TPSA) is 42.1 Å². The van der Waals surface area contributed by atoms with Crippen LogP contribution in [-0.2, 0) is 6.54 Å². The molecule has 0 atom stereocenters. The van der Waals surface area contributed by atoms with Gasteiger partial charge in [0.25, 0.3) is 0 Å². The molecule has 0 spiro atoms.